The average molecular weight is 751 g/mol. The molecule has 9 aromatic carbocycles. The fourth-order valence-corrected chi connectivity index (χ4v) is 9.96. The molecule has 4 heterocycles. The first-order valence-corrected chi connectivity index (χ1v) is 20.2. The minimum absolute atomic E-state index is 0.968. The molecule has 0 fully saturated rings. The van der Waals surface area contributed by atoms with Crippen molar-refractivity contribution in [3.05, 3.63) is 206 Å². The van der Waals surface area contributed by atoms with Crippen LogP contribution >= 0.6 is 0 Å². The van der Waals surface area contributed by atoms with Gasteiger partial charge < -0.3 is 13.7 Å². The van der Waals surface area contributed by atoms with Crippen molar-refractivity contribution in [3.63, 3.8) is 0 Å². The van der Waals surface area contributed by atoms with Crippen LogP contribution < -0.4 is 0 Å². The molecule has 0 atom stereocenters. The van der Waals surface area contributed by atoms with Crippen molar-refractivity contribution in [1.29, 1.82) is 0 Å². The summed E-state index contributed by atoms with van der Waals surface area (Å²) in [5, 5.41) is 10.8. The molecule has 4 aromatic heterocycles. The van der Waals surface area contributed by atoms with Crippen LogP contribution in [0.5, 0.6) is 0 Å². The number of rotatable bonds is 4. The zero-order valence-corrected chi connectivity index (χ0v) is 31.9. The summed E-state index contributed by atoms with van der Waals surface area (Å²) in [7, 11) is 0. The lowest BCUT2D eigenvalue weighted by Gasteiger charge is -2.16. The van der Waals surface area contributed by atoms with Crippen LogP contribution in [-0.4, -0.2) is 18.7 Å². The van der Waals surface area contributed by atoms with E-state index in [0.717, 1.165) is 44.6 Å². The fourth-order valence-electron chi connectivity index (χ4n) is 9.96. The maximum Gasteiger partial charge on any atom is 0.0810 e. The molecular formula is C55H34N4. The molecule has 0 aliphatic heterocycles. The topological polar surface area (TPSA) is 27.7 Å². The second kappa shape index (κ2) is 12.3. The Morgan fingerprint density at radius 3 is 1.29 bits per heavy atom. The maximum absolute atomic E-state index is 5.58. The van der Waals surface area contributed by atoms with Crippen molar-refractivity contribution in [1.82, 2.24) is 18.7 Å². The predicted octanol–water partition coefficient (Wildman–Crippen LogP) is 14.3. The van der Waals surface area contributed by atoms with Crippen LogP contribution in [0.15, 0.2) is 206 Å². The van der Waals surface area contributed by atoms with Crippen LogP contribution in [0.4, 0.5) is 0 Å². The number of hydrogen-bond donors (Lipinski definition) is 0. The molecule has 0 unspecified atom stereocenters. The summed E-state index contributed by atoms with van der Waals surface area (Å²) in [5.74, 6) is 0. The van der Waals surface area contributed by atoms with Crippen molar-refractivity contribution >= 4 is 87.1 Å². The maximum atomic E-state index is 5.58. The Bertz CT molecular complexity index is 3830. The standard InChI is InChI=1S/C55H34N4/c1-3-17-36(18-4-1)57-48-27-12-8-23-40(48)44-31-30-43-39-22-7-11-26-47(39)56-52(51(43)53(44)57)35-16-15-21-38(34-35)59-50-29-14-10-25-42(50)46-33-32-45-41-24-9-13-28-49(41)58(54(45)55(46)59)37-19-5-2-6-20-37/h1-34H. The number of pyridine rings is 1. The molecule has 0 aliphatic rings. The number of fused-ring (bicyclic) bond motifs is 14. The molecule has 59 heavy (non-hydrogen) atoms. The summed E-state index contributed by atoms with van der Waals surface area (Å²) >= 11 is 0. The van der Waals surface area contributed by atoms with Crippen LogP contribution in [0.25, 0.3) is 115 Å². The quantitative estimate of drug-likeness (QED) is 0.165. The first-order valence-electron chi connectivity index (χ1n) is 20.2. The Kier molecular flexibility index (Phi) is 6.69. The molecule has 13 rings (SSSR count). The number of para-hydroxylation sites is 6. The Hall–Kier alpha value is -7.95. The van der Waals surface area contributed by atoms with Gasteiger partial charge in [-0.15, -0.1) is 0 Å². The normalized spacial score (nSPS) is 12.1. The third-order valence-corrected chi connectivity index (χ3v) is 12.4. The van der Waals surface area contributed by atoms with Gasteiger partial charge in [-0.1, -0.05) is 146 Å². The summed E-state index contributed by atoms with van der Waals surface area (Å²) in [4.78, 5) is 5.58. The van der Waals surface area contributed by atoms with Gasteiger partial charge in [-0.3, -0.25) is 0 Å². The van der Waals surface area contributed by atoms with E-state index in [-0.39, 0.29) is 0 Å². The zero-order valence-electron chi connectivity index (χ0n) is 31.9. The molecule has 0 spiro atoms. The number of nitrogens with zero attached hydrogens (tertiary/aromatic N) is 4. The first-order chi connectivity index (χ1) is 29.3. The van der Waals surface area contributed by atoms with Crippen molar-refractivity contribution in [2.24, 2.45) is 0 Å². The van der Waals surface area contributed by atoms with E-state index in [0.29, 0.717) is 0 Å². The van der Waals surface area contributed by atoms with E-state index in [1.807, 2.05) is 0 Å². The van der Waals surface area contributed by atoms with Crippen molar-refractivity contribution in [2.75, 3.05) is 0 Å². The van der Waals surface area contributed by atoms with Gasteiger partial charge in [0.1, 0.15) is 0 Å². The van der Waals surface area contributed by atoms with Gasteiger partial charge in [0.15, 0.2) is 0 Å². The summed E-state index contributed by atoms with van der Waals surface area (Å²) in [6.45, 7) is 0. The molecular weight excluding hydrogens is 717 g/mol. The summed E-state index contributed by atoms with van der Waals surface area (Å²) in [5.41, 5.74) is 13.5. The third-order valence-electron chi connectivity index (χ3n) is 12.4. The van der Waals surface area contributed by atoms with Gasteiger partial charge in [0, 0.05) is 65.7 Å². The predicted molar refractivity (Wildman–Crippen MR) is 248 cm³/mol. The molecule has 274 valence electrons. The molecule has 0 saturated heterocycles. The molecule has 4 heteroatoms. The lowest BCUT2D eigenvalue weighted by molar-refractivity contribution is 1.15. The van der Waals surface area contributed by atoms with E-state index < -0.39 is 0 Å². The summed E-state index contributed by atoms with van der Waals surface area (Å²) in [6, 6.07) is 74.8. The van der Waals surface area contributed by atoms with Crippen LogP contribution in [0.3, 0.4) is 0 Å². The average Bonchev–Trinajstić information content (AvgIpc) is 3.95. The smallest absolute Gasteiger partial charge is 0.0810 e. The van der Waals surface area contributed by atoms with Gasteiger partial charge in [-0.05, 0) is 66.0 Å². The van der Waals surface area contributed by atoms with Gasteiger partial charge in [0.05, 0.1) is 44.3 Å². The Morgan fingerprint density at radius 2 is 0.712 bits per heavy atom. The molecule has 0 amide bonds. The monoisotopic (exact) mass is 750 g/mol. The van der Waals surface area contributed by atoms with E-state index in [9.17, 15) is 0 Å². The van der Waals surface area contributed by atoms with Crippen LogP contribution in [-0.2, 0) is 0 Å². The van der Waals surface area contributed by atoms with Gasteiger partial charge >= 0.3 is 0 Å². The van der Waals surface area contributed by atoms with Crippen molar-refractivity contribution in [3.8, 4) is 28.3 Å². The largest absolute Gasteiger partial charge is 0.309 e. The van der Waals surface area contributed by atoms with Crippen LogP contribution in [0, 0.1) is 0 Å². The molecule has 0 bridgehead atoms. The van der Waals surface area contributed by atoms with E-state index in [2.05, 4.69) is 220 Å². The highest BCUT2D eigenvalue weighted by atomic mass is 15.0. The van der Waals surface area contributed by atoms with Gasteiger partial charge in [-0.25, -0.2) is 4.98 Å². The number of aromatic nitrogens is 4. The lowest BCUT2D eigenvalue weighted by Crippen LogP contribution is -1.99. The first kappa shape index (κ1) is 32.2. The van der Waals surface area contributed by atoms with Crippen LogP contribution in [0.2, 0.25) is 0 Å². The summed E-state index contributed by atoms with van der Waals surface area (Å²) < 4.78 is 7.36. The zero-order chi connectivity index (χ0) is 38.6. The fraction of sp³-hybridized carbons (Fsp3) is 0. The second-order valence-corrected chi connectivity index (χ2v) is 15.5. The molecule has 0 aliphatic carbocycles. The van der Waals surface area contributed by atoms with Gasteiger partial charge in [-0.2, -0.15) is 0 Å². The Labute approximate surface area is 339 Å². The number of hydrogen-bond acceptors (Lipinski definition) is 1. The third kappa shape index (κ3) is 4.51. The SMILES string of the molecule is c1ccc(-n2c3ccccc3c3ccc4c5ccccc5nc(-c5cccc(-n6c7ccccc7c7ccc8c9ccccc9n(-c9ccccc9)c8c76)c5)c4c32)cc1. The summed E-state index contributed by atoms with van der Waals surface area (Å²) in [6.07, 6.45) is 0. The highest BCUT2D eigenvalue weighted by Crippen LogP contribution is 2.45. The second-order valence-electron chi connectivity index (χ2n) is 15.5. The van der Waals surface area contributed by atoms with Crippen molar-refractivity contribution in [2.45, 2.75) is 0 Å². The van der Waals surface area contributed by atoms with Gasteiger partial charge in [0.2, 0.25) is 0 Å². The molecule has 0 saturated carbocycles. The number of benzene rings is 9. The van der Waals surface area contributed by atoms with E-state index in [4.69, 9.17) is 4.98 Å². The molecule has 4 nitrogen and oxygen atoms in total. The highest BCUT2D eigenvalue weighted by molar-refractivity contribution is 6.26. The molecule has 0 radical (unpaired) electrons. The van der Waals surface area contributed by atoms with Gasteiger partial charge in [0.25, 0.3) is 0 Å². The Morgan fingerprint density at radius 1 is 0.288 bits per heavy atom. The van der Waals surface area contributed by atoms with E-state index in [1.54, 1.807) is 0 Å². The van der Waals surface area contributed by atoms with E-state index >= 15 is 0 Å². The molecule has 13 aromatic rings. The Balaban J connectivity index is 1.17. The van der Waals surface area contributed by atoms with E-state index in [1.165, 1.54) is 70.8 Å². The molecule has 0 N–H and O–H groups in total. The minimum atomic E-state index is 0.968. The lowest BCUT2D eigenvalue weighted by atomic mass is 9.97. The van der Waals surface area contributed by atoms with Crippen molar-refractivity contribution < 1.29 is 0 Å². The highest BCUT2D eigenvalue weighted by Gasteiger charge is 2.23. The van der Waals surface area contributed by atoms with Crippen LogP contribution in [0.1, 0.15) is 0 Å². The minimum Gasteiger partial charge on any atom is -0.309 e.